The Bertz CT molecular complexity index is 787. The number of ether oxygens (including phenoxy) is 1. The molecular weight excluding hydrogens is 659 g/mol. The van der Waals surface area contributed by atoms with Crippen LogP contribution < -0.4 is 5.32 Å². The highest BCUT2D eigenvalue weighted by atomic mass is 16.5. The zero-order valence-corrected chi connectivity index (χ0v) is 35.5. The van der Waals surface area contributed by atoms with E-state index >= 15 is 0 Å². The van der Waals surface area contributed by atoms with E-state index in [1.807, 2.05) is 0 Å². The highest BCUT2D eigenvalue weighted by molar-refractivity contribution is 5.76. The van der Waals surface area contributed by atoms with Gasteiger partial charge in [-0.3, -0.25) is 9.59 Å². The number of aliphatic hydroxyl groups excluding tert-OH is 2. The van der Waals surface area contributed by atoms with Crippen LogP contribution in [0.15, 0.2) is 12.2 Å². The van der Waals surface area contributed by atoms with Crippen LogP contribution in [0, 0.1) is 0 Å². The molecule has 6 heteroatoms. The second kappa shape index (κ2) is 43.3. The molecule has 0 saturated carbocycles. The summed E-state index contributed by atoms with van der Waals surface area (Å²) in [5, 5.41) is 23.0. The van der Waals surface area contributed by atoms with Crippen LogP contribution in [-0.2, 0) is 14.3 Å². The molecule has 1 amide bonds. The van der Waals surface area contributed by atoms with Crippen LogP contribution >= 0.6 is 0 Å². The number of allylic oxidation sites excluding steroid dienone is 2. The van der Waals surface area contributed by atoms with Crippen LogP contribution in [0.4, 0.5) is 0 Å². The third-order valence-electron chi connectivity index (χ3n) is 10.8. The number of hydrogen-bond donors (Lipinski definition) is 3. The number of esters is 1. The molecule has 0 spiro atoms. The van der Waals surface area contributed by atoms with Gasteiger partial charge < -0.3 is 20.3 Å². The summed E-state index contributed by atoms with van der Waals surface area (Å²) in [6.07, 6.45) is 47.5. The molecule has 6 nitrogen and oxygen atoms in total. The lowest BCUT2D eigenvalue weighted by Gasteiger charge is -2.22. The monoisotopic (exact) mass is 750 g/mol. The molecule has 0 rings (SSSR count). The fourth-order valence-corrected chi connectivity index (χ4v) is 7.16. The topological polar surface area (TPSA) is 95.9 Å². The highest BCUT2D eigenvalue weighted by Gasteiger charge is 2.20. The second-order valence-electron chi connectivity index (χ2n) is 16.1. The van der Waals surface area contributed by atoms with E-state index in [0.717, 1.165) is 64.2 Å². The van der Waals surface area contributed by atoms with Crippen molar-refractivity contribution >= 4 is 11.9 Å². The zero-order chi connectivity index (χ0) is 38.7. The molecule has 0 fully saturated rings. The fraction of sp³-hybridized carbons (Fsp3) is 0.915. The fourth-order valence-electron chi connectivity index (χ4n) is 7.16. The molecule has 0 aliphatic rings. The molecule has 0 bridgehead atoms. The van der Waals surface area contributed by atoms with Gasteiger partial charge in [0, 0.05) is 12.8 Å². The number of carbonyl (C=O) groups excluding carboxylic acids is 2. The van der Waals surface area contributed by atoms with Crippen LogP contribution in [0.2, 0.25) is 0 Å². The van der Waals surface area contributed by atoms with E-state index in [1.165, 1.54) is 154 Å². The van der Waals surface area contributed by atoms with Crippen molar-refractivity contribution in [2.24, 2.45) is 0 Å². The van der Waals surface area contributed by atoms with Crippen molar-refractivity contribution in [3.8, 4) is 0 Å². The van der Waals surface area contributed by atoms with Crippen molar-refractivity contribution in [1.82, 2.24) is 5.32 Å². The van der Waals surface area contributed by atoms with Gasteiger partial charge in [0.2, 0.25) is 5.91 Å². The van der Waals surface area contributed by atoms with E-state index in [0.29, 0.717) is 25.9 Å². The van der Waals surface area contributed by atoms with Gasteiger partial charge in [-0.15, -0.1) is 0 Å². The lowest BCUT2D eigenvalue weighted by Crippen LogP contribution is -2.45. The van der Waals surface area contributed by atoms with Crippen LogP contribution in [0.25, 0.3) is 0 Å². The quantitative estimate of drug-likeness (QED) is 0.0328. The Morgan fingerprint density at radius 1 is 0.509 bits per heavy atom. The number of aliphatic hydroxyl groups is 2. The molecule has 314 valence electrons. The SMILES string of the molecule is CCCCCCCCCCCCCC(=O)OCCCCCCCCC/C=C\CCCCCCCC(=O)NC(CO)C(O)CCCCCCCCCCC. The standard InChI is InChI=1S/C47H91NO5/c1-3-5-7-9-11-13-20-25-29-33-37-41-47(52)53-42-38-34-30-26-22-19-17-15-14-16-18-21-24-28-32-36-40-46(51)48-44(43-49)45(50)39-35-31-27-23-12-10-8-6-4-2/h14,16,44-45,49-50H,3-13,15,17-43H2,1-2H3,(H,48,51)/b16-14-. The molecule has 0 aromatic heterocycles. The molecule has 2 unspecified atom stereocenters. The summed E-state index contributed by atoms with van der Waals surface area (Å²) in [5.74, 6) is -0.0585. The summed E-state index contributed by atoms with van der Waals surface area (Å²) in [5.41, 5.74) is 0. The maximum atomic E-state index is 12.4. The number of amides is 1. The lowest BCUT2D eigenvalue weighted by atomic mass is 10.0. The summed E-state index contributed by atoms with van der Waals surface area (Å²) in [6.45, 7) is 4.89. The van der Waals surface area contributed by atoms with Gasteiger partial charge in [-0.2, -0.15) is 0 Å². The van der Waals surface area contributed by atoms with Crippen LogP contribution in [0.3, 0.4) is 0 Å². The maximum absolute atomic E-state index is 12.4. The van der Waals surface area contributed by atoms with Gasteiger partial charge in [0.15, 0.2) is 0 Å². The van der Waals surface area contributed by atoms with E-state index in [4.69, 9.17) is 4.74 Å². The molecule has 0 aromatic carbocycles. The Hall–Kier alpha value is -1.40. The second-order valence-corrected chi connectivity index (χ2v) is 16.1. The predicted molar refractivity (Wildman–Crippen MR) is 227 cm³/mol. The number of hydrogen-bond acceptors (Lipinski definition) is 5. The predicted octanol–water partition coefficient (Wildman–Crippen LogP) is 13.4. The molecular formula is C47H91NO5. The van der Waals surface area contributed by atoms with E-state index in [-0.39, 0.29) is 18.5 Å². The van der Waals surface area contributed by atoms with Gasteiger partial charge in [0.25, 0.3) is 0 Å². The number of unbranched alkanes of at least 4 members (excludes halogenated alkanes) is 30. The van der Waals surface area contributed by atoms with Gasteiger partial charge in [-0.1, -0.05) is 199 Å². The minimum Gasteiger partial charge on any atom is -0.466 e. The van der Waals surface area contributed by atoms with E-state index in [1.54, 1.807) is 0 Å². The van der Waals surface area contributed by atoms with E-state index < -0.39 is 12.1 Å². The zero-order valence-electron chi connectivity index (χ0n) is 35.5. The minimum atomic E-state index is -0.671. The molecule has 3 N–H and O–H groups in total. The van der Waals surface area contributed by atoms with E-state index in [2.05, 4.69) is 31.3 Å². The first-order valence-corrected chi connectivity index (χ1v) is 23.4. The average molecular weight is 750 g/mol. The molecule has 0 heterocycles. The molecule has 0 radical (unpaired) electrons. The summed E-state index contributed by atoms with van der Waals surface area (Å²) in [4.78, 5) is 24.3. The number of rotatable bonds is 43. The smallest absolute Gasteiger partial charge is 0.305 e. The largest absolute Gasteiger partial charge is 0.466 e. The van der Waals surface area contributed by atoms with E-state index in [9.17, 15) is 19.8 Å². The first-order valence-electron chi connectivity index (χ1n) is 23.4. The van der Waals surface area contributed by atoms with Crippen molar-refractivity contribution in [2.45, 2.75) is 264 Å². The number of carbonyl (C=O) groups is 2. The summed E-state index contributed by atoms with van der Waals surface area (Å²) < 4.78 is 5.44. The number of nitrogens with one attached hydrogen (secondary N) is 1. The minimum absolute atomic E-state index is 0.00370. The third-order valence-corrected chi connectivity index (χ3v) is 10.8. The summed E-state index contributed by atoms with van der Waals surface area (Å²) in [7, 11) is 0. The Morgan fingerprint density at radius 3 is 1.34 bits per heavy atom. The van der Waals surface area contributed by atoms with Crippen LogP contribution in [0.5, 0.6) is 0 Å². The van der Waals surface area contributed by atoms with Crippen LogP contribution in [-0.4, -0.2) is 47.4 Å². The average Bonchev–Trinajstić information content (AvgIpc) is 3.16. The lowest BCUT2D eigenvalue weighted by molar-refractivity contribution is -0.143. The Balaban J connectivity index is 3.45. The van der Waals surface area contributed by atoms with Gasteiger partial charge in [-0.25, -0.2) is 0 Å². The first-order chi connectivity index (χ1) is 26.0. The van der Waals surface area contributed by atoms with Crippen molar-refractivity contribution in [2.75, 3.05) is 13.2 Å². The third kappa shape index (κ3) is 40.1. The molecule has 2 atom stereocenters. The van der Waals surface area contributed by atoms with Crippen molar-refractivity contribution < 1.29 is 24.5 Å². The van der Waals surface area contributed by atoms with Crippen molar-refractivity contribution in [3.05, 3.63) is 12.2 Å². The van der Waals surface area contributed by atoms with Gasteiger partial charge >= 0.3 is 5.97 Å². The van der Waals surface area contributed by atoms with Gasteiger partial charge in [0.1, 0.15) is 0 Å². The Morgan fingerprint density at radius 2 is 0.887 bits per heavy atom. The molecule has 0 aromatic rings. The Labute approximate surface area is 329 Å². The maximum Gasteiger partial charge on any atom is 0.305 e. The van der Waals surface area contributed by atoms with Gasteiger partial charge in [0.05, 0.1) is 25.4 Å². The molecule has 0 saturated heterocycles. The summed E-state index contributed by atoms with van der Waals surface area (Å²) in [6, 6.07) is -0.550. The van der Waals surface area contributed by atoms with Crippen LogP contribution in [0.1, 0.15) is 251 Å². The first kappa shape index (κ1) is 51.6. The molecule has 0 aliphatic carbocycles. The normalized spacial score (nSPS) is 12.8. The van der Waals surface area contributed by atoms with Crippen molar-refractivity contribution in [1.29, 1.82) is 0 Å². The highest BCUT2D eigenvalue weighted by Crippen LogP contribution is 2.15. The molecule has 53 heavy (non-hydrogen) atoms. The van der Waals surface area contributed by atoms with Crippen molar-refractivity contribution in [3.63, 3.8) is 0 Å². The Kier molecular flexibility index (Phi) is 42.2. The van der Waals surface area contributed by atoms with Gasteiger partial charge in [-0.05, 0) is 51.4 Å². The molecule has 0 aliphatic heterocycles. The summed E-state index contributed by atoms with van der Waals surface area (Å²) >= 11 is 0.